The molecule has 0 heterocycles. The van der Waals surface area contributed by atoms with Crippen LogP contribution in [-0.2, 0) is 14.3 Å². The molecule has 8 nitrogen and oxygen atoms in total. The number of benzene rings is 2. The smallest absolute Gasteiger partial charge is 0.407 e. The second kappa shape index (κ2) is 12.0. The molecule has 184 valence electrons. The maximum absolute atomic E-state index is 12.8. The highest BCUT2D eigenvalue weighted by atomic mass is 16.5. The number of aliphatic carboxylic acids is 1. The lowest BCUT2D eigenvalue weighted by molar-refractivity contribution is -0.143. The molecule has 0 aromatic heterocycles. The van der Waals surface area contributed by atoms with E-state index in [0.29, 0.717) is 19.3 Å². The summed E-state index contributed by atoms with van der Waals surface area (Å²) < 4.78 is 5.55. The van der Waals surface area contributed by atoms with Gasteiger partial charge in [0.2, 0.25) is 5.91 Å². The highest BCUT2D eigenvalue weighted by Crippen LogP contribution is 2.44. The van der Waals surface area contributed by atoms with E-state index in [-0.39, 0.29) is 24.9 Å². The third-order valence-corrected chi connectivity index (χ3v) is 6.21. The van der Waals surface area contributed by atoms with Crippen LogP contribution in [0.3, 0.4) is 0 Å². The summed E-state index contributed by atoms with van der Waals surface area (Å²) in [5, 5.41) is 23.3. The number of amides is 2. The first kappa shape index (κ1) is 25.8. The van der Waals surface area contributed by atoms with Gasteiger partial charge in [0.1, 0.15) is 18.7 Å². The Hall–Kier alpha value is -3.86. The van der Waals surface area contributed by atoms with Crippen molar-refractivity contribution in [2.24, 2.45) is 5.92 Å². The Bertz CT molecular complexity index is 1060. The minimum absolute atomic E-state index is 0.104. The van der Waals surface area contributed by atoms with Gasteiger partial charge in [0.15, 0.2) is 0 Å². The van der Waals surface area contributed by atoms with Crippen molar-refractivity contribution in [1.82, 2.24) is 10.6 Å². The van der Waals surface area contributed by atoms with E-state index in [2.05, 4.69) is 16.7 Å². The van der Waals surface area contributed by atoms with Gasteiger partial charge >= 0.3 is 12.1 Å². The number of carbonyl (C=O) groups excluding carboxylic acids is 2. The molecule has 3 N–H and O–H groups in total. The Morgan fingerprint density at radius 3 is 2.14 bits per heavy atom. The van der Waals surface area contributed by atoms with Crippen molar-refractivity contribution < 1.29 is 24.2 Å². The number of alkyl carbamates (subject to hydrolysis) is 1. The molecule has 2 aromatic rings. The van der Waals surface area contributed by atoms with Gasteiger partial charge in [0.25, 0.3) is 0 Å². The van der Waals surface area contributed by atoms with Crippen molar-refractivity contribution in [3.05, 3.63) is 59.7 Å². The third-order valence-electron chi connectivity index (χ3n) is 6.21. The molecule has 0 fully saturated rings. The summed E-state index contributed by atoms with van der Waals surface area (Å²) in [6.07, 6.45) is 0.947. The van der Waals surface area contributed by atoms with E-state index in [4.69, 9.17) is 10.00 Å². The lowest BCUT2D eigenvalue weighted by Crippen LogP contribution is -2.53. The zero-order valence-electron chi connectivity index (χ0n) is 20.0. The fraction of sp³-hybridized carbons (Fsp3) is 0.407. The molecule has 1 aliphatic carbocycles. The summed E-state index contributed by atoms with van der Waals surface area (Å²) in [5.41, 5.74) is 4.38. The predicted molar refractivity (Wildman–Crippen MR) is 130 cm³/mol. The summed E-state index contributed by atoms with van der Waals surface area (Å²) in [6.45, 7) is 3.49. The number of nitrogens with zero attached hydrogens (tertiary/aromatic N) is 1. The van der Waals surface area contributed by atoms with E-state index < -0.39 is 30.1 Å². The van der Waals surface area contributed by atoms with Crippen LogP contribution in [0.4, 0.5) is 4.79 Å². The number of hydrogen-bond donors (Lipinski definition) is 3. The Morgan fingerprint density at radius 2 is 1.60 bits per heavy atom. The van der Waals surface area contributed by atoms with Crippen LogP contribution in [0, 0.1) is 17.2 Å². The zero-order valence-corrected chi connectivity index (χ0v) is 20.0. The first-order valence-corrected chi connectivity index (χ1v) is 11.8. The highest BCUT2D eigenvalue weighted by Gasteiger charge is 2.31. The van der Waals surface area contributed by atoms with Crippen molar-refractivity contribution >= 4 is 18.0 Å². The first-order chi connectivity index (χ1) is 16.8. The van der Waals surface area contributed by atoms with E-state index in [9.17, 15) is 19.5 Å². The van der Waals surface area contributed by atoms with Gasteiger partial charge in [0, 0.05) is 12.3 Å². The summed E-state index contributed by atoms with van der Waals surface area (Å²) in [7, 11) is 0. The largest absolute Gasteiger partial charge is 0.480 e. The fourth-order valence-corrected chi connectivity index (χ4v) is 4.37. The van der Waals surface area contributed by atoms with Crippen LogP contribution in [-0.4, -0.2) is 41.8 Å². The second-order valence-corrected chi connectivity index (χ2v) is 8.99. The lowest BCUT2D eigenvalue weighted by atomic mass is 9.98. The van der Waals surface area contributed by atoms with Gasteiger partial charge in [-0.25, -0.2) is 9.59 Å². The van der Waals surface area contributed by atoms with Crippen molar-refractivity contribution in [2.45, 2.75) is 57.5 Å². The molecular weight excluding hydrogens is 446 g/mol. The standard InChI is InChI=1S/C27H31N3O5/c1-17(2)24(26(32)33)30-25(31)23(14-4-3-9-15-28)29-27(34)35-16-22-20-12-7-5-10-18(20)19-11-6-8-13-21(19)22/h5-8,10-13,17,22-24H,3-4,9,14,16H2,1-2H3,(H,29,34)(H,30,31)(H,32,33)/t23?,24-/m0/s1. The monoisotopic (exact) mass is 477 g/mol. The van der Waals surface area contributed by atoms with Gasteiger partial charge in [-0.3, -0.25) is 4.79 Å². The number of carboxylic acid groups (broad SMARTS) is 1. The molecule has 8 heteroatoms. The average molecular weight is 478 g/mol. The summed E-state index contributed by atoms with van der Waals surface area (Å²) in [6, 6.07) is 16.0. The summed E-state index contributed by atoms with van der Waals surface area (Å²) >= 11 is 0. The van der Waals surface area contributed by atoms with Gasteiger partial charge in [-0.2, -0.15) is 5.26 Å². The normalized spacial score (nSPS) is 13.8. The third kappa shape index (κ3) is 6.38. The van der Waals surface area contributed by atoms with Gasteiger partial charge in [-0.1, -0.05) is 62.4 Å². The topological polar surface area (TPSA) is 129 Å². The van der Waals surface area contributed by atoms with E-state index in [1.165, 1.54) is 0 Å². The molecule has 0 radical (unpaired) electrons. The van der Waals surface area contributed by atoms with Gasteiger partial charge in [-0.05, 0) is 47.4 Å². The quantitative estimate of drug-likeness (QED) is 0.416. The molecule has 0 bridgehead atoms. The van der Waals surface area contributed by atoms with Crippen LogP contribution >= 0.6 is 0 Å². The number of nitriles is 1. The number of carbonyl (C=O) groups is 3. The number of nitrogens with one attached hydrogen (secondary N) is 2. The van der Waals surface area contributed by atoms with E-state index in [1.54, 1.807) is 13.8 Å². The molecular formula is C27H31N3O5. The van der Waals surface area contributed by atoms with Crippen LogP contribution in [0.2, 0.25) is 0 Å². The molecule has 1 unspecified atom stereocenters. The SMILES string of the molecule is CC(C)[C@H](NC(=O)C(CCCCC#N)NC(=O)OCC1c2ccccc2-c2ccccc21)C(=O)O. The molecule has 3 rings (SSSR count). The van der Waals surface area contributed by atoms with Gasteiger partial charge in [-0.15, -0.1) is 0 Å². The Labute approximate surface area is 205 Å². The number of hydrogen-bond acceptors (Lipinski definition) is 5. The summed E-state index contributed by atoms with van der Waals surface area (Å²) in [4.78, 5) is 37.0. The molecule has 2 aromatic carbocycles. The number of fused-ring (bicyclic) bond motifs is 3. The van der Waals surface area contributed by atoms with E-state index in [0.717, 1.165) is 22.3 Å². The molecule has 0 saturated heterocycles. The van der Waals surface area contributed by atoms with Crippen molar-refractivity contribution in [1.29, 1.82) is 5.26 Å². The minimum Gasteiger partial charge on any atom is -0.480 e. The second-order valence-electron chi connectivity index (χ2n) is 8.99. The summed E-state index contributed by atoms with van der Waals surface area (Å²) in [5.74, 6) is -2.17. The van der Waals surface area contributed by atoms with Crippen LogP contribution in [0.5, 0.6) is 0 Å². The van der Waals surface area contributed by atoms with E-state index in [1.807, 2.05) is 48.5 Å². The van der Waals surface area contributed by atoms with Gasteiger partial charge < -0.3 is 20.5 Å². The predicted octanol–water partition coefficient (Wildman–Crippen LogP) is 4.20. The first-order valence-electron chi connectivity index (χ1n) is 11.8. The maximum Gasteiger partial charge on any atom is 0.407 e. The van der Waals surface area contributed by atoms with Crippen molar-refractivity contribution in [2.75, 3.05) is 6.61 Å². The highest BCUT2D eigenvalue weighted by molar-refractivity contribution is 5.89. The molecule has 1 aliphatic rings. The van der Waals surface area contributed by atoms with Crippen LogP contribution < -0.4 is 10.6 Å². The minimum atomic E-state index is -1.14. The molecule has 0 aliphatic heterocycles. The van der Waals surface area contributed by atoms with E-state index >= 15 is 0 Å². The van der Waals surface area contributed by atoms with Crippen LogP contribution in [0.15, 0.2) is 48.5 Å². The Kier molecular flexibility index (Phi) is 8.85. The lowest BCUT2D eigenvalue weighted by Gasteiger charge is -2.23. The Balaban J connectivity index is 1.66. The zero-order chi connectivity index (χ0) is 25.4. The van der Waals surface area contributed by atoms with Crippen molar-refractivity contribution in [3.63, 3.8) is 0 Å². The fourth-order valence-electron chi connectivity index (χ4n) is 4.37. The number of carboxylic acids is 1. The van der Waals surface area contributed by atoms with Crippen molar-refractivity contribution in [3.8, 4) is 17.2 Å². The van der Waals surface area contributed by atoms with Gasteiger partial charge in [0.05, 0.1) is 6.07 Å². The number of unbranched alkanes of at least 4 members (excludes halogenated alkanes) is 2. The van der Waals surface area contributed by atoms with Crippen LogP contribution in [0.25, 0.3) is 11.1 Å². The molecule has 0 spiro atoms. The average Bonchev–Trinajstić information content (AvgIpc) is 3.16. The van der Waals surface area contributed by atoms with Crippen LogP contribution in [0.1, 0.15) is 56.6 Å². The maximum atomic E-state index is 12.8. The molecule has 2 amide bonds. The molecule has 0 saturated carbocycles. The Morgan fingerprint density at radius 1 is 1.00 bits per heavy atom. The molecule has 35 heavy (non-hydrogen) atoms. The number of rotatable bonds is 11. The number of ether oxygens (including phenoxy) is 1. The molecule has 2 atom stereocenters.